The summed E-state index contributed by atoms with van der Waals surface area (Å²) in [6.07, 6.45) is 9.52. The third-order valence-corrected chi connectivity index (χ3v) is 6.77. The van der Waals surface area contributed by atoms with Crippen LogP contribution in [0.2, 0.25) is 0 Å². The normalized spacial score (nSPS) is 23.7. The Morgan fingerprint density at radius 1 is 1.04 bits per heavy atom. The molecule has 2 aromatic rings. The Morgan fingerprint density at radius 3 is 2.72 bits per heavy atom. The minimum Gasteiger partial charge on any atom is -0.341 e. The van der Waals surface area contributed by atoms with Crippen molar-refractivity contribution in [3.8, 4) is 0 Å². The Hall–Kier alpha value is -1.77. The van der Waals surface area contributed by atoms with Gasteiger partial charge in [-0.3, -0.25) is 4.79 Å². The first-order valence-corrected chi connectivity index (χ1v) is 10.2. The van der Waals surface area contributed by atoms with Crippen molar-refractivity contribution in [3.63, 3.8) is 0 Å². The van der Waals surface area contributed by atoms with Crippen LogP contribution in [0.4, 0.5) is 0 Å². The van der Waals surface area contributed by atoms with Gasteiger partial charge >= 0.3 is 0 Å². The first kappa shape index (κ1) is 15.5. The van der Waals surface area contributed by atoms with Crippen LogP contribution in [0.1, 0.15) is 67.8 Å². The van der Waals surface area contributed by atoms with E-state index in [9.17, 15) is 4.79 Å². The lowest BCUT2D eigenvalue weighted by Gasteiger charge is -2.42. The molecule has 1 fully saturated rings. The van der Waals surface area contributed by atoms with Gasteiger partial charge in [0.2, 0.25) is 5.91 Å². The molecule has 0 unspecified atom stereocenters. The molecule has 1 amide bonds. The highest BCUT2D eigenvalue weighted by atomic mass is 16.2. The highest BCUT2D eigenvalue weighted by Gasteiger charge is 2.39. The van der Waals surface area contributed by atoms with Crippen molar-refractivity contribution in [1.29, 1.82) is 0 Å². The maximum Gasteiger partial charge on any atom is 0.226 e. The fourth-order valence-electron chi connectivity index (χ4n) is 5.57. The van der Waals surface area contributed by atoms with Crippen LogP contribution in [-0.4, -0.2) is 21.9 Å². The zero-order chi connectivity index (χ0) is 17.0. The van der Waals surface area contributed by atoms with Crippen molar-refractivity contribution in [2.24, 2.45) is 5.92 Å². The molecule has 3 nitrogen and oxygen atoms in total. The van der Waals surface area contributed by atoms with Gasteiger partial charge in [-0.2, -0.15) is 0 Å². The van der Waals surface area contributed by atoms with E-state index in [0.717, 1.165) is 32.4 Å². The van der Waals surface area contributed by atoms with Crippen molar-refractivity contribution in [2.75, 3.05) is 6.54 Å². The lowest BCUT2D eigenvalue weighted by molar-refractivity contribution is -0.140. The summed E-state index contributed by atoms with van der Waals surface area (Å²) in [5.41, 5.74) is 5.70. The number of nitrogens with zero attached hydrogens (tertiary/aromatic N) is 2. The summed E-state index contributed by atoms with van der Waals surface area (Å²) in [6.45, 7) is 4.04. The summed E-state index contributed by atoms with van der Waals surface area (Å²) < 4.78 is 2.53. The Bertz CT molecular complexity index is 828. The van der Waals surface area contributed by atoms with Crippen molar-refractivity contribution in [3.05, 3.63) is 35.0 Å². The molecule has 132 valence electrons. The van der Waals surface area contributed by atoms with Gasteiger partial charge in [-0.05, 0) is 56.7 Å². The standard InChI is InChI=1S/C22H28N2O/c1-15-10-11-19-18(14-15)17-8-5-9-20-21(17)23(19)12-13-24(20)22(25)16-6-3-2-4-7-16/h10-11,14,16,20H,2-9,12-13H2,1H3/t20-/m0/s1. The van der Waals surface area contributed by atoms with Crippen LogP contribution < -0.4 is 0 Å². The molecule has 1 aliphatic heterocycles. The fourth-order valence-corrected chi connectivity index (χ4v) is 5.57. The van der Waals surface area contributed by atoms with Crippen molar-refractivity contribution < 1.29 is 4.79 Å². The van der Waals surface area contributed by atoms with E-state index in [1.165, 1.54) is 59.8 Å². The molecule has 25 heavy (non-hydrogen) atoms. The highest BCUT2D eigenvalue weighted by Crippen LogP contribution is 2.43. The van der Waals surface area contributed by atoms with Crippen LogP contribution >= 0.6 is 0 Å². The fraction of sp³-hybridized carbons (Fsp3) is 0.591. The molecule has 0 bridgehead atoms. The van der Waals surface area contributed by atoms with Gasteiger partial charge in [0.15, 0.2) is 0 Å². The van der Waals surface area contributed by atoms with Crippen LogP contribution in [-0.2, 0) is 17.8 Å². The first-order valence-electron chi connectivity index (χ1n) is 10.2. The molecular weight excluding hydrogens is 308 g/mol. The van der Waals surface area contributed by atoms with Gasteiger partial charge in [-0.25, -0.2) is 0 Å². The molecule has 1 aromatic carbocycles. The SMILES string of the molecule is Cc1ccc2c(c1)c1c3n2CCN(C(=O)C2CCCCC2)[C@H]3CCC1. The molecule has 1 aromatic heterocycles. The largest absolute Gasteiger partial charge is 0.341 e. The molecule has 0 radical (unpaired) electrons. The minimum atomic E-state index is 0.289. The molecule has 2 aliphatic carbocycles. The van der Waals surface area contributed by atoms with Crippen LogP contribution in [0, 0.1) is 12.8 Å². The summed E-state index contributed by atoms with van der Waals surface area (Å²) in [5, 5.41) is 1.44. The number of fused-ring (bicyclic) bond motifs is 3. The second kappa shape index (κ2) is 5.89. The van der Waals surface area contributed by atoms with Crippen LogP contribution in [0.3, 0.4) is 0 Å². The smallest absolute Gasteiger partial charge is 0.226 e. The Labute approximate surface area is 150 Å². The number of aromatic nitrogens is 1. The molecule has 2 heterocycles. The van der Waals surface area contributed by atoms with E-state index >= 15 is 0 Å². The second-order valence-electron chi connectivity index (χ2n) is 8.31. The summed E-state index contributed by atoms with van der Waals surface area (Å²) in [7, 11) is 0. The summed E-state index contributed by atoms with van der Waals surface area (Å²) in [5.74, 6) is 0.738. The molecule has 5 rings (SSSR count). The number of carbonyl (C=O) groups is 1. The number of aryl methyl sites for hydroxylation is 2. The molecule has 1 atom stereocenters. The molecule has 3 heteroatoms. The van der Waals surface area contributed by atoms with E-state index in [0.29, 0.717) is 11.9 Å². The lowest BCUT2D eigenvalue weighted by Crippen LogP contribution is -2.46. The zero-order valence-electron chi connectivity index (χ0n) is 15.3. The summed E-state index contributed by atoms with van der Waals surface area (Å²) >= 11 is 0. The van der Waals surface area contributed by atoms with Crippen LogP contribution in [0.5, 0.6) is 0 Å². The average Bonchev–Trinajstić information content (AvgIpc) is 2.97. The summed E-state index contributed by atoms with van der Waals surface area (Å²) in [4.78, 5) is 15.5. The number of benzene rings is 1. The number of hydrogen-bond acceptors (Lipinski definition) is 1. The van der Waals surface area contributed by atoms with E-state index in [4.69, 9.17) is 0 Å². The van der Waals surface area contributed by atoms with E-state index in [1.807, 2.05) is 0 Å². The van der Waals surface area contributed by atoms with Gasteiger partial charge in [0.1, 0.15) is 0 Å². The Balaban J connectivity index is 1.56. The lowest BCUT2D eigenvalue weighted by atomic mass is 9.85. The number of amides is 1. The van der Waals surface area contributed by atoms with Crippen LogP contribution in [0.15, 0.2) is 18.2 Å². The molecule has 0 spiro atoms. The topological polar surface area (TPSA) is 25.2 Å². The molecular formula is C22H28N2O. The molecule has 1 saturated carbocycles. The molecule has 3 aliphatic rings. The van der Waals surface area contributed by atoms with E-state index in [-0.39, 0.29) is 5.92 Å². The average molecular weight is 336 g/mol. The van der Waals surface area contributed by atoms with Crippen molar-refractivity contribution in [2.45, 2.75) is 70.9 Å². The number of rotatable bonds is 1. The second-order valence-corrected chi connectivity index (χ2v) is 8.31. The third kappa shape index (κ3) is 2.35. The number of carbonyl (C=O) groups excluding carboxylic acids is 1. The van der Waals surface area contributed by atoms with E-state index in [2.05, 4.69) is 34.6 Å². The monoisotopic (exact) mass is 336 g/mol. The predicted molar refractivity (Wildman–Crippen MR) is 101 cm³/mol. The third-order valence-electron chi connectivity index (χ3n) is 6.77. The zero-order valence-corrected chi connectivity index (χ0v) is 15.3. The van der Waals surface area contributed by atoms with Gasteiger partial charge in [0.25, 0.3) is 0 Å². The quantitative estimate of drug-likeness (QED) is 0.738. The van der Waals surface area contributed by atoms with Gasteiger partial charge < -0.3 is 9.47 Å². The highest BCUT2D eigenvalue weighted by molar-refractivity contribution is 5.88. The molecule has 0 N–H and O–H groups in total. The first-order chi connectivity index (χ1) is 12.2. The Morgan fingerprint density at radius 2 is 1.88 bits per heavy atom. The van der Waals surface area contributed by atoms with Gasteiger partial charge in [0.05, 0.1) is 6.04 Å². The summed E-state index contributed by atoms with van der Waals surface area (Å²) in [6, 6.07) is 7.19. The molecule has 0 saturated heterocycles. The van der Waals surface area contributed by atoms with Crippen molar-refractivity contribution in [1.82, 2.24) is 9.47 Å². The van der Waals surface area contributed by atoms with Crippen molar-refractivity contribution >= 4 is 16.8 Å². The predicted octanol–water partition coefficient (Wildman–Crippen LogP) is 4.75. The minimum absolute atomic E-state index is 0.289. The van der Waals surface area contributed by atoms with Gasteiger partial charge in [0, 0.05) is 35.6 Å². The van der Waals surface area contributed by atoms with Crippen LogP contribution in [0.25, 0.3) is 10.9 Å². The van der Waals surface area contributed by atoms with Gasteiger partial charge in [-0.15, -0.1) is 0 Å². The maximum absolute atomic E-state index is 13.3. The van der Waals surface area contributed by atoms with E-state index < -0.39 is 0 Å². The van der Waals surface area contributed by atoms with E-state index in [1.54, 1.807) is 0 Å². The maximum atomic E-state index is 13.3. The number of hydrogen-bond donors (Lipinski definition) is 0. The Kier molecular flexibility index (Phi) is 3.65. The van der Waals surface area contributed by atoms with Gasteiger partial charge in [-0.1, -0.05) is 30.9 Å².